The molecule has 1 aliphatic heterocycles. The smallest absolute Gasteiger partial charge is 0.191 e. The third-order valence-corrected chi connectivity index (χ3v) is 5.10. The lowest BCUT2D eigenvalue weighted by Gasteiger charge is -2.13. The first-order valence-corrected chi connectivity index (χ1v) is 10.9. The van der Waals surface area contributed by atoms with E-state index < -0.39 is 0 Å². The van der Waals surface area contributed by atoms with Crippen LogP contribution >= 0.6 is 24.0 Å². The number of guanidine groups is 1. The average molecular weight is 526 g/mol. The van der Waals surface area contributed by atoms with Gasteiger partial charge in [0.05, 0.1) is 13.2 Å². The summed E-state index contributed by atoms with van der Waals surface area (Å²) in [5.74, 6) is 3.94. The average Bonchev–Trinajstić information content (AvgIpc) is 2.94. The number of rotatable bonds is 8. The summed E-state index contributed by atoms with van der Waals surface area (Å²) >= 11 is 0. The zero-order valence-corrected chi connectivity index (χ0v) is 20.7. The molecule has 166 valence electrons. The number of hydrogen-bond donors (Lipinski definition) is 2. The molecule has 8 heteroatoms. The van der Waals surface area contributed by atoms with Gasteiger partial charge >= 0.3 is 0 Å². The van der Waals surface area contributed by atoms with Gasteiger partial charge < -0.3 is 19.9 Å². The Morgan fingerprint density at radius 2 is 2.03 bits per heavy atom. The van der Waals surface area contributed by atoms with Crippen LogP contribution in [-0.4, -0.2) is 40.4 Å². The Hall–Kier alpha value is -1.84. The number of ether oxygens (including phenoxy) is 1. The van der Waals surface area contributed by atoms with Crippen molar-refractivity contribution in [3.8, 4) is 5.75 Å². The second-order valence-electron chi connectivity index (χ2n) is 7.41. The molecular formula is C22H35IN6O. The molecule has 2 N–H and O–H groups in total. The standard InChI is InChI=1S/C22H34N6O.HI/c1-4-23-22(25-16-18-11-10-17(3)15-19(18)29-5-2)24-13-12-21-27-26-20-9-7-6-8-14-28(20)21;/h10-11,15H,4-9,12-14,16H2,1-3H3,(H2,23,24,25);1H. The predicted molar refractivity (Wildman–Crippen MR) is 132 cm³/mol. The summed E-state index contributed by atoms with van der Waals surface area (Å²) in [4.78, 5) is 4.75. The summed E-state index contributed by atoms with van der Waals surface area (Å²) in [6.45, 7) is 10.0. The number of benzene rings is 1. The minimum absolute atomic E-state index is 0. The van der Waals surface area contributed by atoms with Gasteiger partial charge in [-0.3, -0.25) is 0 Å². The summed E-state index contributed by atoms with van der Waals surface area (Å²) in [6, 6.07) is 6.27. The third kappa shape index (κ3) is 6.85. The lowest BCUT2D eigenvalue weighted by atomic mass is 10.1. The Morgan fingerprint density at radius 3 is 2.83 bits per heavy atom. The van der Waals surface area contributed by atoms with E-state index in [2.05, 4.69) is 57.4 Å². The predicted octanol–water partition coefficient (Wildman–Crippen LogP) is 3.63. The summed E-state index contributed by atoms with van der Waals surface area (Å²) < 4.78 is 8.08. The Kier molecular flexibility index (Phi) is 10.4. The summed E-state index contributed by atoms with van der Waals surface area (Å²) in [6.07, 6.45) is 5.60. The fraction of sp³-hybridized carbons (Fsp3) is 0.591. The number of nitrogens with zero attached hydrogens (tertiary/aromatic N) is 4. The highest BCUT2D eigenvalue weighted by molar-refractivity contribution is 14.0. The maximum Gasteiger partial charge on any atom is 0.191 e. The third-order valence-electron chi connectivity index (χ3n) is 5.10. The van der Waals surface area contributed by atoms with Crippen LogP contribution in [0.4, 0.5) is 0 Å². The van der Waals surface area contributed by atoms with E-state index in [0.717, 1.165) is 61.4 Å². The molecule has 2 aromatic rings. The van der Waals surface area contributed by atoms with Crippen LogP contribution < -0.4 is 15.4 Å². The van der Waals surface area contributed by atoms with Crippen molar-refractivity contribution in [1.29, 1.82) is 0 Å². The highest BCUT2D eigenvalue weighted by Crippen LogP contribution is 2.21. The van der Waals surface area contributed by atoms with E-state index in [0.29, 0.717) is 13.2 Å². The Morgan fingerprint density at radius 1 is 1.17 bits per heavy atom. The first-order valence-electron chi connectivity index (χ1n) is 10.9. The van der Waals surface area contributed by atoms with E-state index in [-0.39, 0.29) is 24.0 Å². The quantitative estimate of drug-likeness (QED) is 0.312. The Labute approximate surface area is 197 Å². The van der Waals surface area contributed by atoms with E-state index in [1.165, 1.54) is 24.8 Å². The molecule has 0 amide bonds. The molecular weight excluding hydrogens is 491 g/mol. The highest BCUT2D eigenvalue weighted by atomic mass is 127. The van der Waals surface area contributed by atoms with Gasteiger partial charge in [0.15, 0.2) is 5.96 Å². The fourth-order valence-corrected chi connectivity index (χ4v) is 3.61. The molecule has 30 heavy (non-hydrogen) atoms. The lowest BCUT2D eigenvalue weighted by molar-refractivity contribution is 0.336. The van der Waals surface area contributed by atoms with Crippen LogP contribution in [-0.2, 0) is 25.9 Å². The molecule has 3 rings (SSSR count). The molecule has 7 nitrogen and oxygen atoms in total. The van der Waals surface area contributed by atoms with Crippen molar-refractivity contribution in [2.24, 2.45) is 4.99 Å². The topological polar surface area (TPSA) is 76.4 Å². The molecule has 1 aromatic carbocycles. The van der Waals surface area contributed by atoms with Gasteiger partial charge in [0.2, 0.25) is 0 Å². The summed E-state index contributed by atoms with van der Waals surface area (Å²) in [5, 5.41) is 15.6. The number of aromatic nitrogens is 3. The van der Waals surface area contributed by atoms with Crippen molar-refractivity contribution < 1.29 is 4.74 Å². The van der Waals surface area contributed by atoms with Gasteiger partial charge in [-0.25, -0.2) is 4.99 Å². The zero-order valence-electron chi connectivity index (χ0n) is 18.4. The van der Waals surface area contributed by atoms with Crippen molar-refractivity contribution in [3.05, 3.63) is 41.0 Å². The minimum atomic E-state index is 0. The Bertz CT molecular complexity index is 820. The maximum absolute atomic E-state index is 5.78. The van der Waals surface area contributed by atoms with Crippen molar-refractivity contribution >= 4 is 29.9 Å². The second-order valence-corrected chi connectivity index (χ2v) is 7.41. The molecule has 0 fully saturated rings. The zero-order chi connectivity index (χ0) is 20.5. The van der Waals surface area contributed by atoms with Crippen molar-refractivity contribution in [2.75, 3.05) is 19.7 Å². The van der Waals surface area contributed by atoms with Gasteiger partial charge in [0, 0.05) is 38.0 Å². The van der Waals surface area contributed by atoms with Crippen LogP contribution in [0.15, 0.2) is 23.2 Å². The number of aliphatic imine (C=N–C) groups is 1. The monoisotopic (exact) mass is 526 g/mol. The molecule has 0 unspecified atom stereocenters. The fourth-order valence-electron chi connectivity index (χ4n) is 3.61. The number of nitrogens with one attached hydrogen (secondary N) is 2. The largest absolute Gasteiger partial charge is 0.494 e. The summed E-state index contributed by atoms with van der Waals surface area (Å²) in [5.41, 5.74) is 2.29. The van der Waals surface area contributed by atoms with Gasteiger partial charge in [-0.15, -0.1) is 34.2 Å². The van der Waals surface area contributed by atoms with Crippen molar-refractivity contribution in [3.63, 3.8) is 0 Å². The van der Waals surface area contributed by atoms with Crippen LogP contribution in [0.1, 0.15) is 55.9 Å². The van der Waals surface area contributed by atoms with Gasteiger partial charge in [-0.05, 0) is 45.2 Å². The minimum Gasteiger partial charge on any atom is -0.494 e. The molecule has 0 saturated carbocycles. The first kappa shape index (κ1) is 24.4. The molecule has 1 aromatic heterocycles. The van der Waals surface area contributed by atoms with Crippen LogP contribution in [0.2, 0.25) is 0 Å². The van der Waals surface area contributed by atoms with Crippen LogP contribution in [0.5, 0.6) is 5.75 Å². The van der Waals surface area contributed by atoms with E-state index in [4.69, 9.17) is 9.73 Å². The van der Waals surface area contributed by atoms with Crippen LogP contribution in [0.25, 0.3) is 0 Å². The molecule has 0 bridgehead atoms. The number of halogens is 1. The molecule has 2 heterocycles. The first-order chi connectivity index (χ1) is 14.2. The SMILES string of the molecule is CCNC(=NCc1ccc(C)cc1OCC)NCCc1nnc2n1CCCCC2.I. The van der Waals surface area contributed by atoms with Crippen molar-refractivity contribution in [2.45, 2.75) is 66.0 Å². The molecule has 0 saturated heterocycles. The number of fused-ring (bicyclic) bond motifs is 1. The van der Waals surface area contributed by atoms with E-state index in [1.807, 2.05) is 6.92 Å². The van der Waals surface area contributed by atoms with Gasteiger partial charge in [0.25, 0.3) is 0 Å². The molecule has 1 aliphatic rings. The molecule has 0 atom stereocenters. The maximum atomic E-state index is 5.78. The van der Waals surface area contributed by atoms with Gasteiger partial charge in [0.1, 0.15) is 17.4 Å². The molecule has 0 radical (unpaired) electrons. The van der Waals surface area contributed by atoms with Gasteiger partial charge in [-0.2, -0.15) is 0 Å². The summed E-state index contributed by atoms with van der Waals surface area (Å²) in [7, 11) is 0. The highest BCUT2D eigenvalue weighted by Gasteiger charge is 2.14. The molecule has 0 spiro atoms. The van der Waals surface area contributed by atoms with E-state index in [1.54, 1.807) is 0 Å². The van der Waals surface area contributed by atoms with E-state index >= 15 is 0 Å². The number of aryl methyl sites for hydroxylation is 2. The normalized spacial score (nSPS) is 13.8. The van der Waals surface area contributed by atoms with E-state index in [9.17, 15) is 0 Å². The van der Waals surface area contributed by atoms with Gasteiger partial charge in [-0.1, -0.05) is 18.6 Å². The van der Waals surface area contributed by atoms with Crippen LogP contribution in [0.3, 0.4) is 0 Å². The van der Waals surface area contributed by atoms with Crippen molar-refractivity contribution in [1.82, 2.24) is 25.4 Å². The second kappa shape index (κ2) is 12.8. The lowest BCUT2D eigenvalue weighted by Crippen LogP contribution is -2.38. The molecule has 0 aliphatic carbocycles. The Balaban J connectivity index is 0.00000320. The number of hydrogen-bond acceptors (Lipinski definition) is 4. The van der Waals surface area contributed by atoms with Crippen LogP contribution in [0, 0.1) is 6.92 Å².